The number of alkyl halides is 1. The highest BCUT2D eigenvalue weighted by atomic mass is 32.2. The third kappa shape index (κ3) is 6.23. The fraction of sp³-hybridized carbons (Fsp3) is 0.600. The van der Waals surface area contributed by atoms with Gasteiger partial charge in [0, 0.05) is 42.8 Å². The first-order valence-electron chi connectivity index (χ1n) is 13.0. The molecule has 1 aromatic heterocycles. The highest BCUT2D eigenvalue weighted by molar-refractivity contribution is 8.15. The molecule has 1 aliphatic carbocycles. The minimum atomic E-state index is -1.72. The molecule has 14 heteroatoms. The van der Waals surface area contributed by atoms with E-state index in [0.717, 1.165) is 16.3 Å². The maximum atomic E-state index is 15.2. The minimum Gasteiger partial charge on any atom is -0.465 e. The lowest BCUT2D eigenvalue weighted by molar-refractivity contribution is 0.0699. The van der Waals surface area contributed by atoms with E-state index in [4.69, 9.17) is 10.5 Å². The van der Waals surface area contributed by atoms with Gasteiger partial charge < -0.3 is 15.6 Å². The molecule has 0 radical (unpaired) electrons. The Morgan fingerprint density at radius 3 is 2.62 bits per heavy atom. The number of rotatable bonds is 10. The minimum absolute atomic E-state index is 0.0287. The number of aromatic nitrogens is 3. The second-order valence-electron chi connectivity index (χ2n) is 12.7. The van der Waals surface area contributed by atoms with E-state index < -0.39 is 50.9 Å². The fourth-order valence-electron chi connectivity index (χ4n) is 4.82. The molecular formula is C25H38F2N6O3SSi2. The van der Waals surface area contributed by atoms with Crippen molar-refractivity contribution in [2.24, 2.45) is 10.9 Å². The van der Waals surface area contributed by atoms with Gasteiger partial charge in [0.25, 0.3) is 0 Å². The van der Waals surface area contributed by atoms with Crippen molar-refractivity contribution in [3.05, 3.63) is 35.8 Å². The van der Waals surface area contributed by atoms with Crippen molar-refractivity contribution in [2.75, 3.05) is 25.7 Å². The molecule has 4 rings (SSSR count). The number of amidine groups is 1. The number of ether oxygens (including phenoxy) is 1. The van der Waals surface area contributed by atoms with E-state index in [9.17, 15) is 9.90 Å². The maximum Gasteiger partial charge on any atom is 0.415 e. The number of nitrogen functional groups attached to an aromatic ring is 1. The molecule has 0 bridgehead atoms. The molecule has 2 heterocycles. The van der Waals surface area contributed by atoms with Crippen molar-refractivity contribution in [1.82, 2.24) is 19.9 Å². The second-order valence-corrected chi connectivity index (χ2v) is 24.7. The third-order valence-electron chi connectivity index (χ3n) is 7.27. The lowest BCUT2D eigenvalue weighted by Crippen LogP contribution is -2.46. The Kier molecular flexibility index (Phi) is 8.06. The third-order valence-corrected chi connectivity index (χ3v) is 12.2. The molecule has 2 aliphatic rings. The molecule has 1 fully saturated rings. The van der Waals surface area contributed by atoms with Crippen LogP contribution >= 0.6 is 11.8 Å². The number of hydrogen-bond donors (Lipinski definition) is 2. The predicted molar refractivity (Wildman–Crippen MR) is 156 cm³/mol. The average Bonchev–Trinajstić information content (AvgIpc) is 3.34. The standard InChI is InChI=1S/C25H38F2N6O3SSi2/c1-38(2,3)10-9-36-16-33(23(34)35)22-29-25(14-26,18-11-17(28)7-8-19(18)27)20-12-24(20,37-22)15-32-13-21(30-31-32)39(4,5)6/h7-8,11,13,20H,9-10,12,14-16,28H2,1-6H3,(H,34,35)/t20-,24-,25-/m1/s1. The van der Waals surface area contributed by atoms with Crippen LogP contribution in [0.1, 0.15) is 12.0 Å². The number of thioether (sulfide) groups is 1. The Balaban J connectivity index is 1.73. The first-order valence-corrected chi connectivity index (χ1v) is 21.0. The topological polar surface area (TPSA) is 119 Å². The first-order chi connectivity index (χ1) is 18.1. The van der Waals surface area contributed by atoms with Crippen molar-refractivity contribution in [1.29, 1.82) is 0 Å². The summed E-state index contributed by atoms with van der Waals surface area (Å²) < 4.78 is 37.3. The molecule has 0 spiro atoms. The molecule has 9 nitrogen and oxygen atoms in total. The van der Waals surface area contributed by atoms with Crippen LogP contribution in [-0.2, 0) is 16.8 Å². The van der Waals surface area contributed by atoms with Gasteiger partial charge in [0.15, 0.2) is 5.17 Å². The van der Waals surface area contributed by atoms with Crippen LogP contribution in [0.5, 0.6) is 0 Å². The maximum absolute atomic E-state index is 15.2. The van der Waals surface area contributed by atoms with Crippen LogP contribution in [0.15, 0.2) is 29.4 Å². The lowest BCUT2D eigenvalue weighted by Gasteiger charge is -2.38. The molecule has 0 unspecified atom stereocenters. The molecule has 1 amide bonds. The number of aliphatic imine (C=N–C) groups is 1. The molecular weight excluding hydrogens is 559 g/mol. The van der Waals surface area contributed by atoms with Gasteiger partial charge in [-0.15, -0.1) is 5.10 Å². The monoisotopic (exact) mass is 596 g/mol. The fourth-order valence-corrected chi connectivity index (χ4v) is 8.05. The summed E-state index contributed by atoms with van der Waals surface area (Å²) in [5.74, 6) is -1.03. The van der Waals surface area contributed by atoms with Crippen LogP contribution in [0, 0.1) is 11.7 Å². The molecule has 1 aromatic carbocycles. The molecule has 39 heavy (non-hydrogen) atoms. The molecule has 3 atom stereocenters. The molecule has 1 saturated carbocycles. The summed E-state index contributed by atoms with van der Waals surface area (Å²) >= 11 is 1.27. The van der Waals surface area contributed by atoms with Crippen molar-refractivity contribution in [2.45, 2.75) is 68.6 Å². The van der Waals surface area contributed by atoms with Gasteiger partial charge in [0.1, 0.15) is 32.8 Å². The average molecular weight is 597 g/mol. The number of anilines is 1. The molecule has 1 aliphatic heterocycles. The number of carboxylic acid groups (broad SMARTS) is 1. The highest BCUT2D eigenvalue weighted by Gasteiger charge is 2.69. The zero-order valence-electron chi connectivity index (χ0n) is 23.4. The van der Waals surface area contributed by atoms with E-state index in [0.29, 0.717) is 19.6 Å². The van der Waals surface area contributed by atoms with Crippen molar-refractivity contribution in [3.8, 4) is 0 Å². The summed E-state index contributed by atoms with van der Waals surface area (Å²) in [6, 6.07) is 4.88. The van der Waals surface area contributed by atoms with Gasteiger partial charge in [0.2, 0.25) is 0 Å². The zero-order valence-corrected chi connectivity index (χ0v) is 26.2. The Hall–Kier alpha value is -2.30. The summed E-state index contributed by atoms with van der Waals surface area (Å²) in [5.41, 5.74) is 4.66. The zero-order chi connectivity index (χ0) is 28.8. The van der Waals surface area contributed by atoms with Gasteiger partial charge in [-0.2, -0.15) is 0 Å². The van der Waals surface area contributed by atoms with Crippen LogP contribution in [0.2, 0.25) is 45.3 Å². The Bertz CT molecular complexity index is 1270. The largest absolute Gasteiger partial charge is 0.465 e. The van der Waals surface area contributed by atoms with Crippen LogP contribution < -0.4 is 11.1 Å². The van der Waals surface area contributed by atoms with Gasteiger partial charge in [-0.3, -0.25) is 4.68 Å². The van der Waals surface area contributed by atoms with E-state index in [1.54, 1.807) is 4.68 Å². The second kappa shape index (κ2) is 10.6. The molecule has 0 saturated heterocycles. The molecule has 214 valence electrons. The summed E-state index contributed by atoms with van der Waals surface area (Å²) in [6.07, 6.45) is 1.13. The van der Waals surface area contributed by atoms with Gasteiger partial charge in [-0.05, 0) is 30.7 Å². The Morgan fingerprint density at radius 1 is 1.31 bits per heavy atom. The molecule has 2 aromatic rings. The smallest absolute Gasteiger partial charge is 0.415 e. The van der Waals surface area contributed by atoms with Crippen LogP contribution in [0.3, 0.4) is 0 Å². The Labute approximate surface area is 234 Å². The quantitative estimate of drug-likeness (QED) is 0.179. The number of carbonyl (C=O) groups is 1. The van der Waals surface area contributed by atoms with Crippen molar-refractivity contribution < 1.29 is 23.4 Å². The van der Waals surface area contributed by atoms with Crippen molar-refractivity contribution in [3.63, 3.8) is 0 Å². The molecule has 3 N–H and O–H groups in total. The number of nitrogens with zero attached hydrogens (tertiary/aromatic N) is 5. The van der Waals surface area contributed by atoms with Gasteiger partial charge in [-0.1, -0.05) is 56.3 Å². The number of fused-ring (bicyclic) bond motifs is 1. The van der Waals surface area contributed by atoms with Crippen LogP contribution in [0.25, 0.3) is 0 Å². The van der Waals surface area contributed by atoms with Crippen LogP contribution in [-0.4, -0.2) is 77.2 Å². The predicted octanol–water partition coefficient (Wildman–Crippen LogP) is 4.56. The van der Waals surface area contributed by atoms with Gasteiger partial charge in [0.05, 0.1) is 11.9 Å². The van der Waals surface area contributed by atoms with E-state index in [1.165, 1.54) is 30.0 Å². The highest BCUT2D eigenvalue weighted by Crippen LogP contribution is 2.67. The van der Waals surface area contributed by atoms with Crippen molar-refractivity contribution >= 4 is 50.2 Å². The Morgan fingerprint density at radius 2 is 2.03 bits per heavy atom. The number of hydrogen-bond acceptors (Lipinski definition) is 7. The number of halogens is 2. The van der Waals surface area contributed by atoms with E-state index >= 15 is 8.78 Å². The van der Waals surface area contributed by atoms with E-state index in [1.807, 2.05) is 6.20 Å². The number of benzene rings is 1. The van der Waals surface area contributed by atoms with Gasteiger partial charge in [-0.25, -0.2) is 23.5 Å². The van der Waals surface area contributed by atoms with Gasteiger partial charge >= 0.3 is 6.09 Å². The van der Waals surface area contributed by atoms with Crippen LogP contribution in [0.4, 0.5) is 19.3 Å². The normalized spacial score (nSPS) is 24.7. The summed E-state index contributed by atoms with van der Waals surface area (Å²) in [5, 5.41) is 19.8. The summed E-state index contributed by atoms with van der Waals surface area (Å²) in [6.45, 7) is 12.6. The van der Waals surface area contributed by atoms with E-state index in [2.05, 4.69) is 54.6 Å². The summed E-state index contributed by atoms with van der Waals surface area (Å²) in [7, 11) is -3.11. The lowest BCUT2D eigenvalue weighted by atomic mass is 9.84. The SMILES string of the molecule is C[Si](C)(C)CCOCN(C(=O)O)C1=N[C@](CF)(c2cc(N)ccc2F)[C@@H]2C[C@]2(Cn2cc([Si](C)(C)C)nn2)S1. The number of nitrogens with two attached hydrogens (primary N) is 1. The van der Waals surface area contributed by atoms with E-state index in [-0.39, 0.29) is 23.1 Å². The first kappa shape index (κ1) is 29.7. The summed E-state index contributed by atoms with van der Waals surface area (Å²) in [4.78, 5) is 18.0. The number of amides is 1.